The number of anilines is 1. The molecule has 1 atom stereocenters. The molecule has 0 aliphatic carbocycles. The van der Waals surface area contributed by atoms with Crippen molar-refractivity contribution < 1.29 is 14.6 Å². The van der Waals surface area contributed by atoms with E-state index >= 15 is 0 Å². The third kappa shape index (κ3) is 4.24. The molecule has 0 fully saturated rings. The van der Waals surface area contributed by atoms with E-state index in [9.17, 15) is 4.79 Å². The van der Waals surface area contributed by atoms with Gasteiger partial charge in [-0.25, -0.2) is 4.79 Å². The zero-order valence-electron chi connectivity index (χ0n) is 9.87. The van der Waals surface area contributed by atoms with Gasteiger partial charge in [-0.05, 0) is 32.0 Å². The number of carboxylic acid groups (broad SMARTS) is 1. The molecule has 2 N–H and O–H groups in total. The molecule has 5 heteroatoms. The number of aromatic carboxylic acids is 1. The summed E-state index contributed by atoms with van der Waals surface area (Å²) in [5.74, 6) is -0.979. The van der Waals surface area contributed by atoms with E-state index in [4.69, 9.17) is 21.4 Å². The van der Waals surface area contributed by atoms with E-state index in [0.717, 1.165) is 0 Å². The molecule has 0 saturated heterocycles. The molecular weight excluding hydrogens is 242 g/mol. The van der Waals surface area contributed by atoms with Crippen molar-refractivity contribution >= 4 is 23.3 Å². The second kappa shape index (κ2) is 6.47. The molecule has 17 heavy (non-hydrogen) atoms. The first kappa shape index (κ1) is 13.8. The zero-order valence-corrected chi connectivity index (χ0v) is 10.6. The van der Waals surface area contributed by atoms with Gasteiger partial charge >= 0.3 is 5.97 Å². The van der Waals surface area contributed by atoms with Gasteiger partial charge in [0.15, 0.2) is 0 Å². The summed E-state index contributed by atoms with van der Waals surface area (Å²) in [5, 5.41) is 12.6. The summed E-state index contributed by atoms with van der Waals surface area (Å²) >= 11 is 5.85. The maximum atomic E-state index is 11.0. The Morgan fingerprint density at radius 1 is 1.59 bits per heavy atom. The van der Waals surface area contributed by atoms with Gasteiger partial charge in [-0.3, -0.25) is 0 Å². The summed E-state index contributed by atoms with van der Waals surface area (Å²) in [6.45, 7) is 4.98. The van der Waals surface area contributed by atoms with E-state index < -0.39 is 5.97 Å². The Kier molecular flexibility index (Phi) is 5.25. The van der Waals surface area contributed by atoms with Gasteiger partial charge in [0, 0.05) is 17.7 Å². The van der Waals surface area contributed by atoms with Gasteiger partial charge in [0.2, 0.25) is 0 Å². The van der Waals surface area contributed by atoms with Crippen LogP contribution in [0.2, 0.25) is 5.02 Å². The van der Waals surface area contributed by atoms with Crippen LogP contribution in [0.25, 0.3) is 0 Å². The van der Waals surface area contributed by atoms with Gasteiger partial charge in [-0.2, -0.15) is 0 Å². The van der Waals surface area contributed by atoms with Crippen LogP contribution in [0.1, 0.15) is 24.2 Å². The van der Waals surface area contributed by atoms with Crippen LogP contribution in [0.15, 0.2) is 18.2 Å². The smallest absolute Gasteiger partial charge is 0.337 e. The molecule has 0 saturated carbocycles. The second-order valence-corrected chi connectivity index (χ2v) is 4.14. The van der Waals surface area contributed by atoms with Crippen LogP contribution in [-0.2, 0) is 4.74 Å². The molecule has 0 aliphatic heterocycles. The number of hydrogen-bond donors (Lipinski definition) is 2. The molecule has 0 heterocycles. The maximum Gasteiger partial charge on any atom is 0.337 e. The lowest BCUT2D eigenvalue weighted by Crippen LogP contribution is -2.23. The maximum absolute atomic E-state index is 11.0. The molecule has 0 spiro atoms. The van der Waals surface area contributed by atoms with E-state index in [1.54, 1.807) is 12.1 Å². The SMILES string of the molecule is CCOCC(C)Nc1cc(Cl)ccc1C(=O)O. The van der Waals surface area contributed by atoms with Crippen molar-refractivity contribution in [2.24, 2.45) is 0 Å². The van der Waals surface area contributed by atoms with Crippen molar-refractivity contribution in [1.82, 2.24) is 0 Å². The third-order valence-electron chi connectivity index (χ3n) is 2.19. The highest BCUT2D eigenvalue weighted by atomic mass is 35.5. The van der Waals surface area contributed by atoms with Gasteiger partial charge in [-0.15, -0.1) is 0 Å². The monoisotopic (exact) mass is 257 g/mol. The molecule has 0 radical (unpaired) electrons. The van der Waals surface area contributed by atoms with Crippen LogP contribution >= 0.6 is 11.6 Å². The number of hydrogen-bond acceptors (Lipinski definition) is 3. The molecule has 0 bridgehead atoms. The lowest BCUT2D eigenvalue weighted by Gasteiger charge is -2.16. The topological polar surface area (TPSA) is 58.6 Å². The molecule has 94 valence electrons. The van der Waals surface area contributed by atoms with E-state index in [2.05, 4.69) is 5.32 Å². The molecular formula is C12H16ClNO3. The van der Waals surface area contributed by atoms with E-state index in [1.807, 2.05) is 13.8 Å². The Balaban J connectivity index is 2.81. The zero-order chi connectivity index (χ0) is 12.8. The fourth-order valence-electron chi connectivity index (χ4n) is 1.42. The van der Waals surface area contributed by atoms with Gasteiger partial charge in [0.1, 0.15) is 0 Å². The normalized spacial score (nSPS) is 12.2. The number of nitrogens with one attached hydrogen (secondary N) is 1. The standard InChI is InChI=1S/C12H16ClNO3/c1-3-17-7-8(2)14-11-6-9(13)4-5-10(11)12(15)16/h4-6,8,14H,3,7H2,1-2H3,(H,15,16). The van der Waals surface area contributed by atoms with E-state index in [1.165, 1.54) is 6.07 Å². The fourth-order valence-corrected chi connectivity index (χ4v) is 1.60. The van der Waals surface area contributed by atoms with E-state index in [-0.39, 0.29) is 11.6 Å². The first-order valence-electron chi connectivity index (χ1n) is 5.41. The predicted molar refractivity (Wildman–Crippen MR) is 68.0 cm³/mol. The van der Waals surface area contributed by atoms with Crippen LogP contribution in [0.4, 0.5) is 5.69 Å². The van der Waals surface area contributed by atoms with Gasteiger partial charge in [0.25, 0.3) is 0 Å². The summed E-state index contributed by atoms with van der Waals surface area (Å²) < 4.78 is 5.26. The number of rotatable bonds is 6. The predicted octanol–water partition coefficient (Wildman–Crippen LogP) is 2.88. The Hall–Kier alpha value is -1.26. The Morgan fingerprint density at radius 3 is 2.88 bits per heavy atom. The van der Waals surface area contributed by atoms with Gasteiger partial charge in [-0.1, -0.05) is 11.6 Å². The molecule has 0 aliphatic rings. The lowest BCUT2D eigenvalue weighted by atomic mass is 10.1. The average Bonchev–Trinajstić information content (AvgIpc) is 2.26. The third-order valence-corrected chi connectivity index (χ3v) is 2.42. The van der Waals surface area contributed by atoms with Crippen LogP contribution in [-0.4, -0.2) is 30.3 Å². The molecule has 0 aromatic heterocycles. The lowest BCUT2D eigenvalue weighted by molar-refractivity contribution is 0.0697. The molecule has 4 nitrogen and oxygen atoms in total. The van der Waals surface area contributed by atoms with Crippen molar-refractivity contribution in [1.29, 1.82) is 0 Å². The largest absolute Gasteiger partial charge is 0.478 e. The van der Waals surface area contributed by atoms with Gasteiger partial charge in [0.05, 0.1) is 17.9 Å². The number of carbonyl (C=O) groups is 1. The average molecular weight is 258 g/mol. The highest BCUT2D eigenvalue weighted by Crippen LogP contribution is 2.21. The summed E-state index contributed by atoms with van der Waals surface area (Å²) in [6.07, 6.45) is 0. The van der Waals surface area contributed by atoms with Crippen molar-refractivity contribution in [3.05, 3.63) is 28.8 Å². The molecule has 1 aromatic rings. The fraction of sp³-hybridized carbons (Fsp3) is 0.417. The summed E-state index contributed by atoms with van der Waals surface area (Å²) in [5.41, 5.74) is 0.718. The van der Waals surface area contributed by atoms with Crippen molar-refractivity contribution in [3.63, 3.8) is 0 Å². The van der Waals surface area contributed by atoms with Crippen LogP contribution < -0.4 is 5.32 Å². The van der Waals surface area contributed by atoms with Crippen molar-refractivity contribution in [2.45, 2.75) is 19.9 Å². The minimum absolute atomic E-state index is 0.0199. The second-order valence-electron chi connectivity index (χ2n) is 3.70. The molecule has 0 amide bonds. The highest BCUT2D eigenvalue weighted by molar-refractivity contribution is 6.31. The minimum Gasteiger partial charge on any atom is -0.478 e. The Morgan fingerprint density at radius 2 is 2.29 bits per heavy atom. The quantitative estimate of drug-likeness (QED) is 0.823. The van der Waals surface area contributed by atoms with Crippen LogP contribution in [0.5, 0.6) is 0 Å². The number of carboxylic acids is 1. The highest BCUT2D eigenvalue weighted by Gasteiger charge is 2.12. The number of ether oxygens (including phenoxy) is 1. The first-order chi connectivity index (χ1) is 8.04. The van der Waals surface area contributed by atoms with Crippen LogP contribution in [0, 0.1) is 0 Å². The van der Waals surface area contributed by atoms with Crippen molar-refractivity contribution in [3.8, 4) is 0 Å². The number of halogens is 1. The number of benzene rings is 1. The molecule has 1 unspecified atom stereocenters. The van der Waals surface area contributed by atoms with Crippen LogP contribution in [0.3, 0.4) is 0 Å². The van der Waals surface area contributed by atoms with Crippen molar-refractivity contribution in [2.75, 3.05) is 18.5 Å². The summed E-state index contributed by atoms with van der Waals surface area (Å²) in [4.78, 5) is 11.0. The summed E-state index contributed by atoms with van der Waals surface area (Å²) in [6, 6.07) is 4.67. The summed E-state index contributed by atoms with van der Waals surface area (Å²) in [7, 11) is 0. The Labute approximate surface area is 106 Å². The first-order valence-corrected chi connectivity index (χ1v) is 5.79. The van der Waals surface area contributed by atoms with E-state index in [0.29, 0.717) is 23.9 Å². The minimum atomic E-state index is -0.979. The molecule has 1 rings (SSSR count). The Bertz CT molecular complexity index is 395. The van der Waals surface area contributed by atoms with Gasteiger partial charge < -0.3 is 15.2 Å². The molecule has 1 aromatic carbocycles.